The zero-order valence-corrected chi connectivity index (χ0v) is 9.92. The minimum absolute atomic E-state index is 0.122. The van der Waals surface area contributed by atoms with Crippen molar-refractivity contribution < 1.29 is 22.7 Å². The van der Waals surface area contributed by atoms with Crippen molar-refractivity contribution in [1.29, 1.82) is 0 Å². The highest BCUT2D eigenvalue weighted by molar-refractivity contribution is 7.92. The second-order valence-electron chi connectivity index (χ2n) is 3.42. The van der Waals surface area contributed by atoms with Crippen LogP contribution in [-0.2, 0) is 10.0 Å². The fourth-order valence-corrected chi connectivity index (χ4v) is 2.42. The lowest BCUT2D eigenvalue weighted by atomic mass is 10.2. The molecule has 0 aliphatic rings. The molecule has 0 radical (unpaired) electrons. The van der Waals surface area contributed by atoms with E-state index in [0.717, 1.165) is 18.2 Å². The summed E-state index contributed by atoms with van der Waals surface area (Å²) in [5.74, 6) is -2.25. The maximum atomic E-state index is 12.8. The van der Waals surface area contributed by atoms with Crippen LogP contribution >= 0.6 is 0 Å². The van der Waals surface area contributed by atoms with Gasteiger partial charge in [0.2, 0.25) is 10.0 Å². The fourth-order valence-electron chi connectivity index (χ4n) is 1.27. The molecule has 94 valence electrons. The SMILES string of the molecule is CCCS(=O)(=O)Nc1ccc(F)cc1C(=O)O. The smallest absolute Gasteiger partial charge is 0.337 e. The summed E-state index contributed by atoms with van der Waals surface area (Å²) in [5.41, 5.74) is -0.544. The number of benzene rings is 1. The van der Waals surface area contributed by atoms with Crippen LogP contribution in [0.4, 0.5) is 10.1 Å². The maximum Gasteiger partial charge on any atom is 0.337 e. The molecule has 0 aromatic heterocycles. The third-order valence-electron chi connectivity index (χ3n) is 1.95. The third-order valence-corrected chi connectivity index (χ3v) is 3.43. The Morgan fingerprint density at radius 3 is 2.65 bits per heavy atom. The van der Waals surface area contributed by atoms with Gasteiger partial charge in [0, 0.05) is 0 Å². The van der Waals surface area contributed by atoms with Crippen molar-refractivity contribution in [2.24, 2.45) is 0 Å². The highest BCUT2D eigenvalue weighted by Gasteiger charge is 2.16. The highest BCUT2D eigenvalue weighted by atomic mass is 32.2. The van der Waals surface area contributed by atoms with Gasteiger partial charge in [0.15, 0.2) is 0 Å². The first-order valence-corrected chi connectivity index (χ1v) is 6.54. The van der Waals surface area contributed by atoms with E-state index in [0.29, 0.717) is 6.42 Å². The molecule has 1 aromatic rings. The van der Waals surface area contributed by atoms with E-state index in [1.165, 1.54) is 0 Å². The van der Waals surface area contributed by atoms with Gasteiger partial charge in [0.1, 0.15) is 5.82 Å². The number of carboxylic acid groups (broad SMARTS) is 1. The van der Waals surface area contributed by atoms with Crippen LogP contribution in [0.25, 0.3) is 0 Å². The van der Waals surface area contributed by atoms with Crippen LogP contribution in [0, 0.1) is 5.82 Å². The Bertz CT molecular complexity index is 527. The van der Waals surface area contributed by atoms with E-state index in [1.807, 2.05) is 0 Å². The number of sulfonamides is 1. The van der Waals surface area contributed by atoms with Crippen LogP contribution in [0.1, 0.15) is 23.7 Å². The third kappa shape index (κ3) is 3.70. The predicted molar refractivity (Wildman–Crippen MR) is 61.1 cm³/mol. The van der Waals surface area contributed by atoms with Gasteiger partial charge in [0.25, 0.3) is 0 Å². The second kappa shape index (κ2) is 5.13. The van der Waals surface area contributed by atoms with E-state index in [-0.39, 0.29) is 11.4 Å². The van der Waals surface area contributed by atoms with Crippen molar-refractivity contribution in [2.75, 3.05) is 10.5 Å². The number of hydrogen-bond donors (Lipinski definition) is 2. The first-order chi connectivity index (χ1) is 7.85. The van der Waals surface area contributed by atoms with Crippen molar-refractivity contribution in [1.82, 2.24) is 0 Å². The number of anilines is 1. The molecule has 0 fully saturated rings. The summed E-state index contributed by atoms with van der Waals surface area (Å²) < 4.78 is 37.9. The molecule has 7 heteroatoms. The van der Waals surface area contributed by atoms with E-state index >= 15 is 0 Å². The van der Waals surface area contributed by atoms with Gasteiger partial charge in [-0.1, -0.05) is 6.92 Å². The molecule has 0 amide bonds. The van der Waals surface area contributed by atoms with Crippen molar-refractivity contribution in [3.05, 3.63) is 29.6 Å². The average molecular weight is 261 g/mol. The number of halogens is 1. The highest BCUT2D eigenvalue weighted by Crippen LogP contribution is 2.18. The first kappa shape index (κ1) is 13.4. The second-order valence-corrected chi connectivity index (χ2v) is 5.26. The number of carbonyl (C=O) groups is 1. The van der Waals surface area contributed by atoms with Crippen LogP contribution < -0.4 is 4.72 Å². The topological polar surface area (TPSA) is 83.5 Å². The molecule has 2 N–H and O–H groups in total. The predicted octanol–water partition coefficient (Wildman–Crippen LogP) is 1.68. The lowest BCUT2D eigenvalue weighted by Gasteiger charge is -2.09. The molecule has 1 aromatic carbocycles. The van der Waals surface area contributed by atoms with Gasteiger partial charge in [-0.3, -0.25) is 4.72 Å². The molecule has 0 saturated carbocycles. The molecule has 0 atom stereocenters. The van der Waals surface area contributed by atoms with Crippen LogP contribution in [0.2, 0.25) is 0 Å². The number of nitrogens with one attached hydrogen (secondary N) is 1. The zero-order chi connectivity index (χ0) is 13.1. The van der Waals surface area contributed by atoms with Gasteiger partial charge in [-0.05, 0) is 24.6 Å². The molecule has 0 aliphatic carbocycles. The normalized spacial score (nSPS) is 11.2. The molecule has 0 aliphatic heterocycles. The van der Waals surface area contributed by atoms with Gasteiger partial charge in [-0.25, -0.2) is 17.6 Å². The van der Waals surface area contributed by atoms with E-state index in [2.05, 4.69) is 4.72 Å². The summed E-state index contributed by atoms with van der Waals surface area (Å²) in [6.45, 7) is 1.68. The van der Waals surface area contributed by atoms with E-state index in [1.54, 1.807) is 6.92 Å². The van der Waals surface area contributed by atoms with Gasteiger partial charge < -0.3 is 5.11 Å². The molecule has 17 heavy (non-hydrogen) atoms. The van der Waals surface area contributed by atoms with Crippen LogP contribution in [0.3, 0.4) is 0 Å². The summed E-state index contributed by atoms with van der Waals surface area (Å²) in [4.78, 5) is 10.8. The van der Waals surface area contributed by atoms with Gasteiger partial charge in [0.05, 0.1) is 17.0 Å². The summed E-state index contributed by atoms with van der Waals surface area (Å²) in [6.07, 6.45) is 0.402. The van der Waals surface area contributed by atoms with E-state index < -0.39 is 27.4 Å². The van der Waals surface area contributed by atoms with Gasteiger partial charge in [-0.2, -0.15) is 0 Å². The van der Waals surface area contributed by atoms with Crippen LogP contribution in [0.5, 0.6) is 0 Å². The molecular formula is C10H12FNO4S. The summed E-state index contributed by atoms with van der Waals surface area (Å²) in [7, 11) is -3.59. The number of aromatic carboxylic acids is 1. The molecule has 0 saturated heterocycles. The van der Waals surface area contributed by atoms with Crippen molar-refractivity contribution in [3.8, 4) is 0 Å². The summed E-state index contributed by atoms with van der Waals surface area (Å²) in [5, 5.41) is 8.82. The Balaban J connectivity index is 3.11. The molecule has 0 bridgehead atoms. The Labute approximate surface area is 98.3 Å². The van der Waals surface area contributed by atoms with Crippen molar-refractivity contribution in [2.45, 2.75) is 13.3 Å². The number of hydrogen-bond acceptors (Lipinski definition) is 3. The fraction of sp³-hybridized carbons (Fsp3) is 0.300. The Morgan fingerprint density at radius 1 is 1.47 bits per heavy atom. The van der Waals surface area contributed by atoms with Crippen molar-refractivity contribution >= 4 is 21.7 Å². The zero-order valence-electron chi connectivity index (χ0n) is 9.10. The summed E-state index contributed by atoms with van der Waals surface area (Å²) >= 11 is 0. The monoisotopic (exact) mass is 261 g/mol. The Morgan fingerprint density at radius 2 is 2.12 bits per heavy atom. The molecule has 0 heterocycles. The minimum atomic E-state index is -3.59. The quantitative estimate of drug-likeness (QED) is 0.844. The lowest BCUT2D eigenvalue weighted by Crippen LogP contribution is -2.18. The minimum Gasteiger partial charge on any atom is -0.478 e. The van der Waals surface area contributed by atoms with Gasteiger partial charge in [-0.15, -0.1) is 0 Å². The van der Waals surface area contributed by atoms with Crippen molar-refractivity contribution in [3.63, 3.8) is 0 Å². The van der Waals surface area contributed by atoms with Crippen LogP contribution in [0.15, 0.2) is 18.2 Å². The lowest BCUT2D eigenvalue weighted by molar-refractivity contribution is 0.0697. The van der Waals surface area contributed by atoms with E-state index in [9.17, 15) is 17.6 Å². The number of rotatable bonds is 5. The molecular weight excluding hydrogens is 249 g/mol. The largest absolute Gasteiger partial charge is 0.478 e. The van der Waals surface area contributed by atoms with Gasteiger partial charge >= 0.3 is 5.97 Å². The van der Waals surface area contributed by atoms with E-state index in [4.69, 9.17) is 5.11 Å². The number of carboxylic acids is 1. The average Bonchev–Trinajstić information content (AvgIpc) is 2.20. The Kier molecular flexibility index (Phi) is 4.06. The molecule has 0 spiro atoms. The molecule has 0 unspecified atom stereocenters. The summed E-state index contributed by atoms with van der Waals surface area (Å²) in [6, 6.07) is 2.86. The molecule has 5 nitrogen and oxygen atoms in total. The van der Waals surface area contributed by atoms with Crippen LogP contribution in [-0.4, -0.2) is 25.2 Å². The Hall–Kier alpha value is -1.63. The first-order valence-electron chi connectivity index (χ1n) is 4.89. The molecule has 1 rings (SSSR count). The standard InChI is InChI=1S/C10H12FNO4S/c1-2-5-17(15,16)12-9-4-3-7(11)6-8(9)10(13)14/h3-4,6,12H,2,5H2,1H3,(H,13,14). The maximum absolute atomic E-state index is 12.8.